The Morgan fingerprint density at radius 3 is 2.00 bits per heavy atom. The van der Waals surface area contributed by atoms with Crippen LogP contribution in [0.4, 0.5) is 0 Å². The molecule has 0 spiro atoms. The third kappa shape index (κ3) is 5.23. The van der Waals surface area contributed by atoms with Gasteiger partial charge in [0.1, 0.15) is 0 Å². The Balaban J connectivity index is 0. The summed E-state index contributed by atoms with van der Waals surface area (Å²) in [6.07, 6.45) is 3.03. The minimum absolute atomic E-state index is 0. The van der Waals surface area contributed by atoms with Crippen LogP contribution >= 0.6 is 0 Å². The predicted octanol–water partition coefficient (Wildman–Crippen LogP) is 1.78. The van der Waals surface area contributed by atoms with Gasteiger partial charge in [-0.05, 0) is 0 Å². The van der Waals surface area contributed by atoms with Gasteiger partial charge in [-0.1, -0.05) is 33.1 Å². The molecule has 0 saturated heterocycles. The summed E-state index contributed by atoms with van der Waals surface area (Å²) in [7, 11) is 0. The first-order chi connectivity index (χ1) is 3.72. The number of hydrogen-bond donors (Lipinski definition) is 0. The minimum Gasteiger partial charge on any atom is -0.542 e. The van der Waals surface area contributed by atoms with Crippen molar-refractivity contribution in [2.45, 2.75) is 27.2 Å². The fourth-order valence-electron chi connectivity index (χ4n) is 0.470. The molecule has 0 aliphatic carbocycles. The summed E-state index contributed by atoms with van der Waals surface area (Å²) < 4.78 is 0. The Morgan fingerprint density at radius 2 is 1.89 bits per heavy atom. The van der Waals surface area contributed by atoms with Crippen molar-refractivity contribution in [1.29, 1.82) is 0 Å². The van der Waals surface area contributed by atoms with E-state index in [9.17, 15) is 4.79 Å². The largest absolute Gasteiger partial charge is 0.542 e. The molecule has 2 unspecified atom stereocenters. The van der Waals surface area contributed by atoms with Crippen LogP contribution in [0.1, 0.15) is 27.2 Å². The van der Waals surface area contributed by atoms with E-state index >= 15 is 0 Å². The zero-order chi connectivity index (χ0) is 6.57. The van der Waals surface area contributed by atoms with Crippen molar-refractivity contribution in [3.63, 3.8) is 0 Å². The summed E-state index contributed by atoms with van der Waals surface area (Å²) in [5.41, 5.74) is 0. The summed E-state index contributed by atoms with van der Waals surface area (Å²) in [6.45, 7) is 6.05. The molecule has 1 nitrogen and oxygen atoms in total. The van der Waals surface area contributed by atoms with Crippen molar-refractivity contribution in [2.24, 2.45) is 11.8 Å². The smallest absolute Gasteiger partial charge is 0 e. The third-order valence-electron chi connectivity index (χ3n) is 1.68. The van der Waals surface area contributed by atoms with E-state index in [1.807, 2.05) is 13.2 Å². The molecule has 51 valence electrons. The molecule has 0 aromatic rings. The van der Waals surface area contributed by atoms with Crippen LogP contribution in [0, 0.1) is 11.8 Å². The molecule has 9 heavy (non-hydrogen) atoms. The molecular formula is C7H13OY-. The second-order valence-electron chi connectivity index (χ2n) is 2.29. The van der Waals surface area contributed by atoms with E-state index in [1.54, 1.807) is 0 Å². The quantitative estimate of drug-likeness (QED) is 0.637. The van der Waals surface area contributed by atoms with Crippen molar-refractivity contribution in [2.75, 3.05) is 0 Å². The SMILES string of the molecule is CCC(C)C(C)[C-]=O.[Y]. The maximum atomic E-state index is 9.98. The Hall–Kier alpha value is 0.774. The van der Waals surface area contributed by atoms with Crippen LogP contribution in [0.3, 0.4) is 0 Å². The molecule has 0 aliphatic rings. The second-order valence-corrected chi connectivity index (χ2v) is 2.29. The van der Waals surface area contributed by atoms with Gasteiger partial charge in [0.15, 0.2) is 0 Å². The van der Waals surface area contributed by atoms with Gasteiger partial charge >= 0.3 is 0 Å². The summed E-state index contributed by atoms with van der Waals surface area (Å²) in [6, 6.07) is 0. The number of rotatable bonds is 3. The molecule has 0 N–H and O–H groups in total. The summed E-state index contributed by atoms with van der Waals surface area (Å²) in [5, 5.41) is 0. The van der Waals surface area contributed by atoms with E-state index in [0.29, 0.717) is 5.92 Å². The Labute approximate surface area is 82.5 Å². The van der Waals surface area contributed by atoms with Crippen molar-refractivity contribution >= 4 is 6.29 Å². The van der Waals surface area contributed by atoms with Gasteiger partial charge < -0.3 is 4.79 Å². The molecule has 0 rings (SSSR count). The van der Waals surface area contributed by atoms with Crippen LogP contribution in [-0.4, -0.2) is 6.29 Å². The Morgan fingerprint density at radius 1 is 1.44 bits per heavy atom. The molecule has 2 heteroatoms. The van der Waals surface area contributed by atoms with Gasteiger partial charge in [0.05, 0.1) is 0 Å². The fraction of sp³-hybridized carbons (Fsp3) is 0.857. The fourth-order valence-corrected chi connectivity index (χ4v) is 0.470. The maximum absolute atomic E-state index is 9.98. The average Bonchev–Trinajstić information content (AvgIpc) is 1.84. The van der Waals surface area contributed by atoms with E-state index < -0.39 is 0 Å². The van der Waals surface area contributed by atoms with E-state index in [2.05, 4.69) is 13.8 Å². The molecule has 0 bridgehead atoms. The van der Waals surface area contributed by atoms with Gasteiger partial charge in [-0.15, -0.1) is 5.92 Å². The summed E-state index contributed by atoms with van der Waals surface area (Å²) in [4.78, 5) is 9.98. The van der Waals surface area contributed by atoms with Gasteiger partial charge in [0.25, 0.3) is 0 Å². The standard InChI is InChI=1S/C7H13O.Y/c1-4-6(2)7(3)5-8;/h6-7H,4H2,1-3H3;/q-1;. The summed E-state index contributed by atoms with van der Waals surface area (Å²) >= 11 is 0. The predicted molar refractivity (Wildman–Crippen MR) is 34.3 cm³/mol. The molecule has 0 aliphatic heterocycles. The van der Waals surface area contributed by atoms with Crippen molar-refractivity contribution < 1.29 is 37.5 Å². The second kappa shape index (κ2) is 6.89. The van der Waals surface area contributed by atoms with E-state index in [4.69, 9.17) is 0 Å². The van der Waals surface area contributed by atoms with Crippen LogP contribution in [0.2, 0.25) is 0 Å². The first kappa shape index (κ1) is 12.5. The third-order valence-corrected chi connectivity index (χ3v) is 1.68. The molecule has 0 fully saturated rings. The maximum Gasteiger partial charge on any atom is 0 e. The van der Waals surface area contributed by atoms with Crippen LogP contribution in [-0.2, 0) is 37.5 Å². The molecular weight excluding hydrogens is 189 g/mol. The van der Waals surface area contributed by atoms with Gasteiger partial charge in [-0.25, -0.2) is 0 Å². The average molecular weight is 202 g/mol. The molecule has 0 aromatic carbocycles. The Bertz CT molecular complexity index is 73.3. The van der Waals surface area contributed by atoms with E-state index in [1.165, 1.54) is 0 Å². The molecule has 0 aromatic heterocycles. The van der Waals surface area contributed by atoms with E-state index in [0.717, 1.165) is 6.42 Å². The monoisotopic (exact) mass is 202 g/mol. The number of carbonyl (C=O) groups excluding carboxylic acids is 1. The molecule has 0 amide bonds. The molecule has 1 radical (unpaired) electrons. The minimum atomic E-state index is 0. The zero-order valence-corrected chi connectivity index (χ0v) is 9.19. The van der Waals surface area contributed by atoms with Crippen molar-refractivity contribution in [3.8, 4) is 0 Å². The van der Waals surface area contributed by atoms with E-state index in [-0.39, 0.29) is 38.6 Å². The molecule has 2 atom stereocenters. The molecule has 0 saturated carbocycles. The van der Waals surface area contributed by atoms with Crippen LogP contribution in [0.15, 0.2) is 0 Å². The van der Waals surface area contributed by atoms with Crippen LogP contribution in [0.5, 0.6) is 0 Å². The van der Waals surface area contributed by atoms with Gasteiger partial charge in [0.2, 0.25) is 0 Å². The molecule has 0 heterocycles. The normalized spacial score (nSPS) is 15.4. The van der Waals surface area contributed by atoms with Gasteiger partial charge in [0, 0.05) is 32.7 Å². The van der Waals surface area contributed by atoms with Crippen molar-refractivity contribution in [1.82, 2.24) is 0 Å². The van der Waals surface area contributed by atoms with Gasteiger partial charge in [-0.2, -0.15) is 0 Å². The van der Waals surface area contributed by atoms with Crippen molar-refractivity contribution in [3.05, 3.63) is 0 Å². The zero-order valence-electron chi connectivity index (χ0n) is 6.35. The van der Waals surface area contributed by atoms with Crippen LogP contribution < -0.4 is 0 Å². The first-order valence-electron chi connectivity index (χ1n) is 3.10. The number of hydrogen-bond acceptors (Lipinski definition) is 1. The summed E-state index contributed by atoms with van der Waals surface area (Å²) in [5.74, 6) is 0.604. The Kier molecular flexibility index (Phi) is 9.53. The van der Waals surface area contributed by atoms with Crippen LogP contribution in [0.25, 0.3) is 0 Å². The topological polar surface area (TPSA) is 17.1 Å². The first-order valence-corrected chi connectivity index (χ1v) is 3.10. The van der Waals surface area contributed by atoms with Gasteiger partial charge in [-0.3, -0.25) is 6.29 Å².